The van der Waals surface area contributed by atoms with Crippen molar-refractivity contribution in [1.82, 2.24) is 20.2 Å². The van der Waals surface area contributed by atoms with Gasteiger partial charge >= 0.3 is 12.2 Å². The van der Waals surface area contributed by atoms with Crippen molar-refractivity contribution >= 4 is 23.3 Å². The fraction of sp³-hybridized carbons (Fsp3) is 0.452. The largest absolute Gasteiger partial charge is 0.416 e. The number of nitrogens with one attached hydrogen (secondary N) is 2. The monoisotopic (exact) mass is 596 g/mol. The van der Waals surface area contributed by atoms with Crippen molar-refractivity contribution < 1.29 is 27.6 Å². The molecule has 2 aliphatic heterocycles. The van der Waals surface area contributed by atoms with Crippen LogP contribution in [0.1, 0.15) is 77.2 Å². The van der Waals surface area contributed by atoms with Gasteiger partial charge in [0.05, 0.1) is 36.2 Å². The molecule has 1 aliphatic carbocycles. The van der Waals surface area contributed by atoms with Crippen LogP contribution in [0.15, 0.2) is 54.7 Å². The van der Waals surface area contributed by atoms with E-state index in [0.717, 1.165) is 56.2 Å². The lowest BCUT2D eigenvalue weighted by molar-refractivity contribution is -0.138. The summed E-state index contributed by atoms with van der Waals surface area (Å²) in [6.45, 7) is 2.34. The van der Waals surface area contributed by atoms with Crippen LogP contribution in [0, 0.1) is 0 Å². The van der Waals surface area contributed by atoms with Gasteiger partial charge in [0.25, 0.3) is 5.91 Å². The number of urea groups is 1. The fourth-order valence-corrected chi connectivity index (χ4v) is 6.44. The molecule has 3 aromatic rings. The molecule has 0 radical (unpaired) electrons. The minimum absolute atomic E-state index is 0.134. The smallest absolute Gasteiger partial charge is 0.371 e. The molecule has 43 heavy (non-hydrogen) atoms. The molecule has 2 saturated heterocycles. The van der Waals surface area contributed by atoms with Crippen LogP contribution in [0.2, 0.25) is 0 Å². The van der Waals surface area contributed by atoms with Gasteiger partial charge in [0.15, 0.2) is 0 Å². The van der Waals surface area contributed by atoms with E-state index in [0.29, 0.717) is 30.1 Å². The number of hydroxylamine groups is 1. The zero-order chi connectivity index (χ0) is 30.1. The number of carbonyl (C=O) groups excluding carboxylic acids is 2. The number of rotatable bonds is 7. The van der Waals surface area contributed by atoms with Crippen LogP contribution < -0.4 is 15.7 Å². The van der Waals surface area contributed by atoms with E-state index in [-0.39, 0.29) is 30.0 Å². The van der Waals surface area contributed by atoms with Crippen LogP contribution in [-0.4, -0.2) is 59.9 Å². The molecule has 0 bridgehead atoms. The van der Waals surface area contributed by atoms with Gasteiger partial charge in [-0.3, -0.25) is 14.3 Å². The highest BCUT2D eigenvalue weighted by molar-refractivity contribution is 5.95. The predicted molar refractivity (Wildman–Crippen MR) is 155 cm³/mol. The summed E-state index contributed by atoms with van der Waals surface area (Å²) < 4.78 is 43.0. The second-order valence-electron chi connectivity index (χ2n) is 11.5. The number of hydrogen-bond donors (Lipinski definition) is 2. The van der Waals surface area contributed by atoms with Crippen molar-refractivity contribution in [2.24, 2.45) is 0 Å². The van der Waals surface area contributed by atoms with Crippen molar-refractivity contribution in [1.29, 1.82) is 0 Å². The number of hydrogen-bond acceptors (Lipinski definition) is 5. The second kappa shape index (κ2) is 11.9. The van der Waals surface area contributed by atoms with E-state index >= 15 is 0 Å². The summed E-state index contributed by atoms with van der Waals surface area (Å²) in [5.74, 6) is -0.192. The molecular weight excluding hydrogens is 561 g/mol. The zero-order valence-corrected chi connectivity index (χ0v) is 23.9. The first-order valence-corrected chi connectivity index (χ1v) is 14.7. The maximum Gasteiger partial charge on any atom is 0.416 e. The third-order valence-electron chi connectivity index (χ3n) is 8.71. The first-order valence-electron chi connectivity index (χ1n) is 14.7. The molecule has 1 aromatic heterocycles. The van der Waals surface area contributed by atoms with E-state index in [1.807, 2.05) is 24.3 Å². The summed E-state index contributed by atoms with van der Waals surface area (Å²) in [4.78, 5) is 34.0. The van der Waals surface area contributed by atoms with Crippen molar-refractivity contribution in [3.63, 3.8) is 0 Å². The zero-order valence-electron chi connectivity index (χ0n) is 23.9. The first-order chi connectivity index (χ1) is 20.7. The van der Waals surface area contributed by atoms with E-state index < -0.39 is 17.8 Å². The number of anilines is 2. The number of carbonyl (C=O) groups is 2. The van der Waals surface area contributed by atoms with Gasteiger partial charge in [0.1, 0.15) is 0 Å². The molecule has 1 atom stereocenters. The molecular formula is C31H35F3N6O3. The summed E-state index contributed by atoms with van der Waals surface area (Å²) in [6.07, 6.45) is 1.50. The van der Waals surface area contributed by atoms with Crippen molar-refractivity contribution in [3.8, 4) is 0 Å². The quantitative estimate of drug-likeness (QED) is 0.330. The maximum atomic E-state index is 13.7. The van der Waals surface area contributed by atoms with Gasteiger partial charge in [-0.2, -0.15) is 18.3 Å². The molecule has 2 N–H and O–H groups in total. The number of aromatic nitrogens is 2. The SMILES string of the molecule is CONC(=O)Nc1ccc(N2CCC(n3ncc(C(=O)N4CCC(c5ccccc5C(F)(F)F)C4)c3C3CC3)CC2)cc1. The molecule has 6 rings (SSSR count). The van der Waals surface area contributed by atoms with Crippen molar-refractivity contribution in [2.45, 2.75) is 56.2 Å². The third-order valence-corrected chi connectivity index (χ3v) is 8.71. The Balaban J connectivity index is 1.11. The summed E-state index contributed by atoms with van der Waals surface area (Å²) in [6, 6.07) is 13.0. The van der Waals surface area contributed by atoms with Crippen LogP contribution in [-0.2, 0) is 11.0 Å². The van der Waals surface area contributed by atoms with Crippen LogP contribution in [0.4, 0.5) is 29.3 Å². The lowest BCUT2D eigenvalue weighted by Gasteiger charge is -2.34. The molecule has 0 spiro atoms. The Labute approximate surface area is 247 Å². The number of benzene rings is 2. The third kappa shape index (κ3) is 6.20. The summed E-state index contributed by atoms with van der Waals surface area (Å²) >= 11 is 0. The van der Waals surface area contributed by atoms with E-state index in [2.05, 4.69) is 25.2 Å². The lowest BCUT2D eigenvalue weighted by Crippen LogP contribution is -2.35. The number of alkyl halides is 3. The molecule has 1 saturated carbocycles. The summed E-state index contributed by atoms with van der Waals surface area (Å²) in [5.41, 5.74) is 5.15. The molecule has 3 amide bonds. The fourth-order valence-electron chi connectivity index (χ4n) is 6.44. The van der Waals surface area contributed by atoms with Crippen LogP contribution >= 0.6 is 0 Å². The van der Waals surface area contributed by atoms with E-state index in [4.69, 9.17) is 5.10 Å². The Morgan fingerprint density at radius 1 is 0.930 bits per heavy atom. The van der Waals surface area contributed by atoms with Gasteiger partial charge in [-0.1, -0.05) is 18.2 Å². The van der Waals surface area contributed by atoms with E-state index in [1.165, 1.54) is 19.2 Å². The van der Waals surface area contributed by atoms with Gasteiger partial charge in [-0.05, 0) is 68.0 Å². The Kier molecular flexibility index (Phi) is 8.04. The highest BCUT2D eigenvalue weighted by atomic mass is 19.4. The number of nitrogens with zero attached hydrogens (tertiary/aromatic N) is 4. The maximum absolute atomic E-state index is 13.7. The standard InChI is InChI=1S/C31H35F3N6O3/c1-43-37-30(42)36-22-8-10-23(11-9-22)38-16-13-24(14-17-38)40-28(20-6-7-20)26(18-35-40)29(41)39-15-12-21(19-39)25-4-2-3-5-27(25)31(32,33)34/h2-5,8-11,18,20-21,24H,6-7,12-17,19H2,1H3,(H2,36,37,42). The molecule has 12 heteroatoms. The van der Waals surface area contributed by atoms with Crippen molar-refractivity contribution in [3.05, 3.63) is 77.1 Å². The van der Waals surface area contributed by atoms with Gasteiger partial charge in [0, 0.05) is 49.4 Å². The highest BCUT2D eigenvalue weighted by Crippen LogP contribution is 2.44. The van der Waals surface area contributed by atoms with Crippen LogP contribution in [0.5, 0.6) is 0 Å². The minimum Gasteiger partial charge on any atom is -0.371 e. The van der Waals surface area contributed by atoms with Gasteiger partial charge in [-0.15, -0.1) is 0 Å². The Bertz CT molecular complexity index is 1460. The number of halogens is 3. The molecule has 9 nitrogen and oxygen atoms in total. The number of piperidine rings is 1. The van der Waals surface area contributed by atoms with Gasteiger partial charge < -0.3 is 15.1 Å². The Morgan fingerprint density at radius 2 is 1.65 bits per heavy atom. The average Bonchev–Trinajstić information content (AvgIpc) is 3.54. The van der Waals surface area contributed by atoms with Gasteiger partial charge in [0.2, 0.25) is 0 Å². The van der Waals surface area contributed by atoms with E-state index in [1.54, 1.807) is 17.2 Å². The van der Waals surface area contributed by atoms with Crippen LogP contribution in [0.25, 0.3) is 0 Å². The average molecular weight is 597 g/mol. The summed E-state index contributed by atoms with van der Waals surface area (Å²) in [5, 5.41) is 7.41. The molecule has 1 unspecified atom stereocenters. The van der Waals surface area contributed by atoms with Crippen molar-refractivity contribution in [2.75, 3.05) is 43.5 Å². The molecule has 3 heterocycles. The Hall–Kier alpha value is -4.06. The minimum atomic E-state index is -4.42. The topological polar surface area (TPSA) is 91.7 Å². The van der Waals surface area contributed by atoms with E-state index in [9.17, 15) is 22.8 Å². The predicted octanol–water partition coefficient (Wildman–Crippen LogP) is 5.93. The Morgan fingerprint density at radius 3 is 2.33 bits per heavy atom. The first kappa shape index (κ1) is 29.0. The molecule has 3 aliphatic rings. The molecule has 2 aromatic carbocycles. The number of likely N-dealkylation sites (tertiary alicyclic amines) is 1. The number of amides is 3. The second-order valence-corrected chi connectivity index (χ2v) is 11.5. The lowest BCUT2D eigenvalue weighted by atomic mass is 9.93. The normalized spacial score (nSPS) is 19.5. The van der Waals surface area contributed by atoms with Gasteiger partial charge in [-0.25, -0.2) is 10.3 Å². The summed E-state index contributed by atoms with van der Waals surface area (Å²) in [7, 11) is 1.37. The molecule has 3 fully saturated rings. The molecule has 228 valence electrons. The van der Waals surface area contributed by atoms with Crippen LogP contribution in [0.3, 0.4) is 0 Å². The highest BCUT2D eigenvalue weighted by Gasteiger charge is 2.40.